The van der Waals surface area contributed by atoms with E-state index in [1.807, 2.05) is 20.8 Å². The van der Waals surface area contributed by atoms with E-state index < -0.39 is 5.54 Å². The highest BCUT2D eigenvalue weighted by Crippen LogP contribution is 2.24. The number of rotatable bonds is 4. The predicted octanol–water partition coefficient (Wildman–Crippen LogP) is 3.12. The number of hydrogen-bond acceptors (Lipinski definition) is 2. The van der Waals surface area contributed by atoms with Crippen molar-refractivity contribution in [1.82, 2.24) is 4.90 Å². The summed E-state index contributed by atoms with van der Waals surface area (Å²) < 4.78 is 13.3. The van der Waals surface area contributed by atoms with Crippen molar-refractivity contribution < 1.29 is 9.18 Å². The van der Waals surface area contributed by atoms with Gasteiger partial charge in [-0.15, -0.1) is 0 Å². The van der Waals surface area contributed by atoms with E-state index in [0.29, 0.717) is 6.42 Å². The van der Waals surface area contributed by atoms with Gasteiger partial charge in [0.15, 0.2) is 5.78 Å². The Morgan fingerprint density at radius 3 is 2.58 bits per heavy atom. The number of likely N-dealkylation sites (tertiary alicyclic amines) is 1. The molecule has 0 saturated carbocycles. The smallest absolute Gasteiger partial charge is 0.156 e. The van der Waals surface area contributed by atoms with E-state index in [0.717, 1.165) is 37.1 Å². The molecule has 1 aliphatic heterocycles. The Morgan fingerprint density at radius 2 is 1.95 bits per heavy atom. The summed E-state index contributed by atoms with van der Waals surface area (Å²) in [5, 5.41) is 0. The third-order valence-corrected chi connectivity index (χ3v) is 4.24. The molecule has 0 radical (unpaired) electrons. The Labute approximate surface area is 114 Å². The summed E-state index contributed by atoms with van der Waals surface area (Å²) in [4.78, 5) is 14.8. The summed E-state index contributed by atoms with van der Waals surface area (Å²) in [5.74, 6) is -0.101. The van der Waals surface area contributed by atoms with Crippen LogP contribution >= 0.6 is 0 Å². The fraction of sp³-hybridized carbons (Fsp3) is 0.562. The van der Waals surface area contributed by atoms with Gasteiger partial charge in [0.25, 0.3) is 0 Å². The van der Waals surface area contributed by atoms with Crippen LogP contribution in [0.1, 0.15) is 37.8 Å². The summed E-state index contributed by atoms with van der Waals surface area (Å²) in [6.45, 7) is 7.86. The molecule has 0 N–H and O–H groups in total. The summed E-state index contributed by atoms with van der Waals surface area (Å²) in [6.07, 6.45) is 2.64. The molecule has 3 heteroatoms. The van der Waals surface area contributed by atoms with Crippen molar-refractivity contribution in [2.24, 2.45) is 0 Å². The molecule has 1 aliphatic rings. The molecule has 104 valence electrons. The molecule has 2 rings (SSSR count). The molecule has 0 unspecified atom stereocenters. The zero-order valence-electron chi connectivity index (χ0n) is 12.0. The Balaban J connectivity index is 2.13. The number of carbonyl (C=O) groups is 1. The van der Waals surface area contributed by atoms with Gasteiger partial charge in [0.05, 0.1) is 5.54 Å². The van der Waals surface area contributed by atoms with Gasteiger partial charge in [-0.1, -0.05) is 6.07 Å². The molecule has 1 aromatic rings. The number of Topliss-reactive ketones (excluding diaryl/α,β-unsaturated/α-hetero) is 1. The molecular weight excluding hydrogens is 241 g/mol. The van der Waals surface area contributed by atoms with Crippen molar-refractivity contribution in [2.75, 3.05) is 13.1 Å². The molecule has 0 bridgehead atoms. The third kappa shape index (κ3) is 3.03. The Bertz CT molecular complexity index is 476. The maximum absolute atomic E-state index is 13.3. The van der Waals surface area contributed by atoms with E-state index in [1.165, 1.54) is 12.1 Å². The average molecular weight is 263 g/mol. The van der Waals surface area contributed by atoms with Gasteiger partial charge in [0, 0.05) is 6.42 Å². The minimum Gasteiger partial charge on any atom is -0.297 e. The molecule has 0 atom stereocenters. The van der Waals surface area contributed by atoms with Crippen LogP contribution in [-0.4, -0.2) is 29.3 Å². The number of aryl methyl sites for hydroxylation is 1. The molecule has 0 spiro atoms. The van der Waals surface area contributed by atoms with Crippen LogP contribution in [0.3, 0.4) is 0 Å². The van der Waals surface area contributed by atoms with Gasteiger partial charge >= 0.3 is 0 Å². The lowest BCUT2D eigenvalue weighted by atomic mass is 9.90. The fourth-order valence-electron chi connectivity index (χ4n) is 2.67. The maximum Gasteiger partial charge on any atom is 0.156 e. The molecule has 19 heavy (non-hydrogen) atoms. The highest BCUT2D eigenvalue weighted by molar-refractivity contribution is 5.89. The van der Waals surface area contributed by atoms with Gasteiger partial charge in [-0.3, -0.25) is 9.69 Å². The van der Waals surface area contributed by atoms with Crippen LogP contribution in [0.15, 0.2) is 18.2 Å². The second-order valence-corrected chi connectivity index (χ2v) is 5.92. The summed E-state index contributed by atoms with van der Waals surface area (Å²) in [5.41, 5.74) is 1.33. The van der Waals surface area contributed by atoms with E-state index in [9.17, 15) is 9.18 Å². The highest BCUT2D eigenvalue weighted by Gasteiger charge is 2.35. The SMILES string of the molecule is Cc1ccc(F)cc1CC(=O)C(C)(C)N1CCCC1. The number of benzene rings is 1. The van der Waals surface area contributed by atoms with E-state index in [4.69, 9.17) is 0 Å². The third-order valence-electron chi connectivity index (χ3n) is 4.24. The lowest BCUT2D eigenvalue weighted by Crippen LogP contribution is -2.49. The lowest BCUT2D eigenvalue weighted by Gasteiger charge is -2.34. The first kappa shape index (κ1) is 14.2. The first-order valence-corrected chi connectivity index (χ1v) is 6.94. The zero-order chi connectivity index (χ0) is 14.0. The minimum absolute atomic E-state index is 0.170. The Hall–Kier alpha value is -1.22. The van der Waals surface area contributed by atoms with E-state index in [1.54, 1.807) is 6.07 Å². The standard InChI is InChI=1S/C16H22FNO/c1-12-6-7-14(17)10-13(12)11-15(19)16(2,3)18-8-4-5-9-18/h6-7,10H,4-5,8-9,11H2,1-3H3. The van der Waals surface area contributed by atoms with Crippen molar-refractivity contribution >= 4 is 5.78 Å². The Kier molecular flexibility index (Phi) is 4.04. The highest BCUT2D eigenvalue weighted by atomic mass is 19.1. The predicted molar refractivity (Wildman–Crippen MR) is 74.7 cm³/mol. The first-order valence-electron chi connectivity index (χ1n) is 6.94. The number of carbonyl (C=O) groups excluding carboxylic acids is 1. The summed E-state index contributed by atoms with van der Waals surface area (Å²) in [7, 11) is 0. The van der Waals surface area contributed by atoms with Crippen molar-refractivity contribution in [3.8, 4) is 0 Å². The van der Waals surface area contributed by atoms with Gasteiger partial charge in [-0.25, -0.2) is 4.39 Å². The fourth-order valence-corrected chi connectivity index (χ4v) is 2.67. The van der Waals surface area contributed by atoms with Crippen LogP contribution in [0.2, 0.25) is 0 Å². The van der Waals surface area contributed by atoms with Crippen LogP contribution in [-0.2, 0) is 11.2 Å². The second kappa shape index (κ2) is 5.41. The van der Waals surface area contributed by atoms with Gasteiger partial charge < -0.3 is 0 Å². The molecule has 0 aliphatic carbocycles. The molecule has 1 fully saturated rings. The monoisotopic (exact) mass is 263 g/mol. The number of ketones is 1. The van der Waals surface area contributed by atoms with Crippen LogP contribution in [0, 0.1) is 12.7 Å². The van der Waals surface area contributed by atoms with Crippen LogP contribution in [0.25, 0.3) is 0 Å². The zero-order valence-corrected chi connectivity index (χ0v) is 12.0. The van der Waals surface area contributed by atoms with Crippen LogP contribution in [0.4, 0.5) is 4.39 Å². The van der Waals surface area contributed by atoms with E-state index in [-0.39, 0.29) is 11.6 Å². The van der Waals surface area contributed by atoms with Crippen LogP contribution < -0.4 is 0 Å². The van der Waals surface area contributed by atoms with E-state index in [2.05, 4.69) is 4.90 Å². The summed E-state index contributed by atoms with van der Waals surface area (Å²) in [6, 6.07) is 4.66. The number of hydrogen-bond donors (Lipinski definition) is 0. The van der Waals surface area contributed by atoms with Crippen molar-refractivity contribution in [2.45, 2.75) is 45.6 Å². The van der Waals surface area contributed by atoms with Crippen molar-refractivity contribution in [3.63, 3.8) is 0 Å². The van der Waals surface area contributed by atoms with Crippen molar-refractivity contribution in [3.05, 3.63) is 35.1 Å². The molecule has 1 aromatic carbocycles. The topological polar surface area (TPSA) is 20.3 Å². The summed E-state index contributed by atoms with van der Waals surface area (Å²) >= 11 is 0. The van der Waals surface area contributed by atoms with E-state index >= 15 is 0 Å². The molecule has 1 saturated heterocycles. The molecule has 0 amide bonds. The molecule has 1 heterocycles. The molecule has 0 aromatic heterocycles. The van der Waals surface area contributed by atoms with Gasteiger partial charge in [0.1, 0.15) is 5.82 Å². The van der Waals surface area contributed by atoms with Crippen LogP contribution in [0.5, 0.6) is 0 Å². The first-order chi connectivity index (χ1) is 8.91. The quantitative estimate of drug-likeness (QED) is 0.832. The molecule has 2 nitrogen and oxygen atoms in total. The average Bonchev–Trinajstić information content (AvgIpc) is 2.88. The largest absolute Gasteiger partial charge is 0.297 e. The van der Waals surface area contributed by atoms with Gasteiger partial charge in [0.2, 0.25) is 0 Å². The maximum atomic E-state index is 13.3. The van der Waals surface area contributed by atoms with Gasteiger partial charge in [-0.05, 0) is 70.0 Å². The van der Waals surface area contributed by atoms with Gasteiger partial charge in [-0.2, -0.15) is 0 Å². The second-order valence-electron chi connectivity index (χ2n) is 5.92. The normalized spacial score (nSPS) is 16.8. The molecular formula is C16H22FNO. The number of nitrogens with zero attached hydrogens (tertiary/aromatic N) is 1. The lowest BCUT2D eigenvalue weighted by molar-refractivity contribution is -0.128. The van der Waals surface area contributed by atoms with Crippen molar-refractivity contribution in [1.29, 1.82) is 0 Å². The Morgan fingerprint density at radius 1 is 1.32 bits per heavy atom. The number of halogens is 1. The minimum atomic E-state index is -0.449.